The summed E-state index contributed by atoms with van der Waals surface area (Å²) < 4.78 is 58.3. The van der Waals surface area contributed by atoms with Gasteiger partial charge in [-0.1, -0.05) is 12.1 Å². The second kappa shape index (κ2) is 12.3. The molecule has 0 atom stereocenters. The molecule has 0 spiro atoms. The number of fused-ring (bicyclic) bond motifs is 1. The molecule has 0 unspecified atom stereocenters. The quantitative estimate of drug-likeness (QED) is 0.243. The monoisotopic (exact) mass is 615 g/mol. The lowest BCUT2D eigenvalue weighted by molar-refractivity contribution is 0.203. The Morgan fingerprint density at radius 3 is 2.52 bits per heavy atom. The highest BCUT2D eigenvalue weighted by Gasteiger charge is 2.24. The lowest BCUT2D eigenvalue weighted by atomic mass is 10.0. The van der Waals surface area contributed by atoms with Gasteiger partial charge in [0, 0.05) is 63.1 Å². The van der Waals surface area contributed by atoms with Gasteiger partial charge in [-0.25, -0.2) is 29.3 Å². The smallest absolute Gasteiger partial charge is 0.234 e. The van der Waals surface area contributed by atoms with Gasteiger partial charge in [0.2, 0.25) is 5.82 Å². The first-order chi connectivity index (χ1) is 24.4. The van der Waals surface area contributed by atoms with Gasteiger partial charge in [0.15, 0.2) is 11.5 Å². The summed E-state index contributed by atoms with van der Waals surface area (Å²) in [6, 6.07) is 23.2. The first-order valence-corrected chi connectivity index (χ1v) is 14.7. The molecule has 0 saturated carbocycles. The van der Waals surface area contributed by atoms with E-state index in [1.807, 2.05) is 28.8 Å². The number of benzene rings is 2. The normalized spacial score (nSPS) is 16.1. The molecule has 2 aromatic carbocycles. The van der Waals surface area contributed by atoms with Crippen LogP contribution in [0.2, 0.25) is 0 Å². The largest absolute Gasteiger partial charge is 0.383 e. The third-order valence-electron chi connectivity index (χ3n) is 7.95. The number of anilines is 2. The zero-order valence-corrected chi connectivity index (χ0v) is 24.5. The molecule has 11 heteroatoms. The van der Waals surface area contributed by atoms with E-state index in [2.05, 4.69) is 15.0 Å². The van der Waals surface area contributed by atoms with E-state index in [-0.39, 0.29) is 36.4 Å². The van der Waals surface area contributed by atoms with E-state index in [9.17, 15) is 9.65 Å². The molecule has 1 saturated heterocycles. The number of nitrogens with two attached hydrogens (primary N) is 1. The van der Waals surface area contributed by atoms with Crippen molar-refractivity contribution in [2.75, 3.05) is 30.7 Å². The maximum Gasteiger partial charge on any atom is 0.234 e. The van der Waals surface area contributed by atoms with Crippen molar-refractivity contribution in [1.29, 1.82) is 5.26 Å². The number of rotatable bonds is 7. The van der Waals surface area contributed by atoms with E-state index in [1.54, 1.807) is 53.6 Å². The first-order valence-electron chi connectivity index (χ1n) is 17.2. The van der Waals surface area contributed by atoms with E-state index >= 15 is 0 Å². The van der Waals surface area contributed by atoms with E-state index in [1.165, 1.54) is 29.3 Å². The van der Waals surface area contributed by atoms with Gasteiger partial charge in [-0.3, -0.25) is 9.47 Å². The van der Waals surface area contributed by atoms with Gasteiger partial charge in [-0.2, -0.15) is 5.26 Å². The van der Waals surface area contributed by atoms with Crippen LogP contribution in [0.3, 0.4) is 0 Å². The standard InChI is InChI=1S/C35H31FN10/c1-44(32-14-18-39-31(21-37)43-32)26-15-19-45(20-16-26)22-23-4-10-27(11-5-23)46-34(28-3-2-17-40-33(28)38)42-30-13-12-29(41-35(30)46)24-6-8-25(36)9-7-24/h2-14,17-18,26H,15-16,19-20,22H2,1H3,(H2,38,40)/i1D3,22D2. The van der Waals surface area contributed by atoms with Gasteiger partial charge >= 0.3 is 0 Å². The van der Waals surface area contributed by atoms with Crippen LogP contribution in [0.25, 0.3) is 39.5 Å². The van der Waals surface area contributed by atoms with Crippen LogP contribution in [-0.4, -0.2) is 60.5 Å². The van der Waals surface area contributed by atoms with Crippen LogP contribution >= 0.6 is 0 Å². The summed E-state index contributed by atoms with van der Waals surface area (Å²) in [6.07, 6.45) is 3.68. The van der Waals surface area contributed by atoms with Crippen molar-refractivity contribution in [3.63, 3.8) is 0 Å². The summed E-state index contributed by atoms with van der Waals surface area (Å²) >= 11 is 0. The summed E-state index contributed by atoms with van der Waals surface area (Å²) in [7, 11) is 0. The third-order valence-corrected chi connectivity index (χ3v) is 7.95. The molecule has 0 bridgehead atoms. The van der Waals surface area contributed by atoms with Gasteiger partial charge < -0.3 is 10.6 Å². The molecule has 228 valence electrons. The van der Waals surface area contributed by atoms with Crippen molar-refractivity contribution in [3.8, 4) is 34.4 Å². The molecule has 4 aromatic heterocycles. The second-order valence-electron chi connectivity index (χ2n) is 10.9. The molecule has 1 aliphatic heterocycles. The minimum atomic E-state index is -2.52. The van der Waals surface area contributed by atoms with Crippen molar-refractivity contribution in [2.24, 2.45) is 0 Å². The minimum Gasteiger partial charge on any atom is -0.383 e. The fraction of sp³-hybridized carbons (Fsp3) is 0.200. The number of nitrogen functional groups attached to an aromatic ring is 1. The van der Waals surface area contributed by atoms with Gasteiger partial charge in [0.1, 0.15) is 29.0 Å². The maximum atomic E-state index is 13.7. The Kier molecular flexibility index (Phi) is 6.34. The van der Waals surface area contributed by atoms with Crippen molar-refractivity contribution in [2.45, 2.75) is 25.4 Å². The topological polar surface area (TPSA) is 126 Å². The number of imidazole rings is 1. The van der Waals surface area contributed by atoms with Crippen LogP contribution in [0.5, 0.6) is 0 Å². The van der Waals surface area contributed by atoms with Crippen LogP contribution < -0.4 is 10.6 Å². The predicted octanol–water partition coefficient (Wildman–Crippen LogP) is 5.63. The van der Waals surface area contributed by atoms with Crippen LogP contribution in [0, 0.1) is 17.1 Å². The minimum absolute atomic E-state index is 0.122. The molecule has 2 N–H and O–H groups in total. The molecule has 0 aliphatic carbocycles. The van der Waals surface area contributed by atoms with Crippen molar-refractivity contribution < 1.29 is 11.2 Å². The van der Waals surface area contributed by atoms with E-state index < -0.39 is 19.5 Å². The Bertz CT molecular complexity index is 2240. The van der Waals surface area contributed by atoms with Crippen LogP contribution in [-0.2, 0) is 6.50 Å². The van der Waals surface area contributed by atoms with E-state index in [0.717, 1.165) is 5.56 Å². The van der Waals surface area contributed by atoms with Crippen LogP contribution in [0.15, 0.2) is 91.3 Å². The average molecular weight is 616 g/mol. The first kappa shape index (κ1) is 23.6. The lowest BCUT2D eigenvalue weighted by Gasteiger charge is -2.37. The number of aromatic nitrogens is 6. The summed E-state index contributed by atoms with van der Waals surface area (Å²) in [5.74, 6) is 0.451. The van der Waals surface area contributed by atoms with Crippen molar-refractivity contribution in [1.82, 2.24) is 34.4 Å². The molecule has 6 aromatic rings. The summed E-state index contributed by atoms with van der Waals surface area (Å²) in [4.78, 5) is 24.9. The number of nitriles is 1. The third kappa shape index (κ3) is 5.74. The van der Waals surface area contributed by atoms with Gasteiger partial charge in [0.25, 0.3) is 0 Å². The summed E-state index contributed by atoms with van der Waals surface area (Å²) in [5, 5.41) is 9.24. The van der Waals surface area contributed by atoms with Crippen molar-refractivity contribution >= 4 is 22.8 Å². The molecule has 46 heavy (non-hydrogen) atoms. The zero-order chi connectivity index (χ0) is 35.9. The number of piperidine rings is 1. The van der Waals surface area contributed by atoms with Gasteiger partial charge in [-0.15, -0.1) is 0 Å². The van der Waals surface area contributed by atoms with E-state index in [4.69, 9.17) is 22.6 Å². The fourth-order valence-electron chi connectivity index (χ4n) is 5.60. The summed E-state index contributed by atoms with van der Waals surface area (Å²) in [6.45, 7) is -3.82. The molecule has 5 heterocycles. The van der Waals surface area contributed by atoms with Crippen molar-refractivity contribution in [3.05, 3.63) is 108 Å². The number of likely N-dealkylation sites (tertiary alicyclic amines) is 1. The Balaban J connectivity index is 1.19. The summed E-state index contributed by atoms with van der Waals surface area (Å²) in [5.41, 5.74) is 10.4. The molecule has 7 rings (SSSR count). The highest BCUT2D eigenvalue weighted by Crippen LogP contribution is 2.32. The van der Waals surface area contributed by atoms with Gasteiger partial charge in [-0.05, 0) is 85.1 Å². The number of halogens is 1. The average Bonchev–Trinajstić information content (AvgIpc) is 3.50. The molecule has 1 fully saturated rings. The highest BCUT2D eigenvalue weighted by molar-refractivity contribution is 5.84. The molecular weight excluding hydrogens is 579 g/mol. The Morgan fingerprint density at radius 2 is 1.78 bits per heavy atom. The van der Waals surface area contributed by atoms with Crippen LogP contribution in [0.1, 0.15) is 31.1 Å². The lowest BCUT2D eigenvalue weighted by Crippen LogP contribution is -2.43. The fourth-order valence-corrected chi connectivity index (χ4v) is 5.60. The SMILES string of the molecule is [2H]C([2H])([2H])N(c1ccnc(C#N)n1)C1CCN(C([2H])([2H])c2ccc(-n3c(-c4cccnc4N)nc4ccc(-c5ccc(F)cc5)nc43)cc2)CC1. The Labute approximate surface area is 272 Å². The van der Waals surface area contributed by atoms with Crippen LogP contribution in [0.4, 0.5) is 16.0 Å². The number of nitrogens with zero attached hydrogens (tertiary/aromatic N) is 9. The molecule has 1 aliphatic rings. The van der Waals surface area contributed by atoms with Gasteiger partial charge in [0.05, 0.1) is 11.3 Å². The molecule has 10 nitrogen and oxygen atoms in total. The molecular formula is C35H31FN10. The van der Waals surface area contributed by atoms with E-state index in [0.29, 0.717) is 52.3 Å². The number of hydrogen-bond acceptors (Lipinski definition) is 9. The Morgan fingerprint density at radius 1 is 0.978 bits per heavy atom. The number of hydrogen-bond donors (Lipinski definition) is 1. The molecule has 0 radical (unpaired) electrons. The Hall–Kier alpha value is -5.73. The second-order valence-corrected chi connectivity index (χ2v) is 10.9. The molecule has 0 amide bonds. The maximum absolute atomic E-state index is 13.7. The zero-order valence-electron chi connectivity index (χ0n) is 29.5. The predicted molar refractivity (Wildman–Crippen MR) is 175 cm³/mol. The number of pyridine rings is 2. The highest BCUT2D eigenvalue weighted by atomic mass is 19.1.